The smallest absolute Gasteiger partial charge is 0.292 e. The van der Waals surface area contributed by atoms with Crippen molar-refractivity contribution in [2.24, 2.45) is 0 Å². The molecule has 0 saturated heterocycles. The highest BCUT2D eigenvalue weighted by Crippen LogP contribution is 2.44. The van der Waals surface area contributed by atoms with Crippen LogP contribution in [0.3, 0.4) is 0 Å². The zero-order valence-corrected chi connectivity index (χ0v) is 50.8. The van der Waals surface area contributed by atoms with Crippen molar-refractivity contribution in [3.8, 4) is 23.0 Å². The molecule has 0 aromatic heterocycles. The molecule has 18 nitrogen and oxygen atoms in total. The lowest BCUT2D eigenvalue weighted by Crippen LogP contribution is -2.37. The van der Waals surface area contributed by atoms with Crippen LogP contribution in [-0.4, -0.2) is 46.4 Å². The monoisotopic (exact) mass is 1170 g/mol. The summed E-state index contributed by atoms with van der Waals surface area (Å²) in [5, 5.41) is 60.9. The SMILES string of the molecule is CC(C)(C)c1cc2c(O)c(c1)Cc1cc(C(C)(C)C)cc(c1OCCNc1c(Nc3ccccc3[N+](=O)[O-])c(=O)c1=O)Cc1cc(C(C)(C)C)cc(c1O)Cc1cc(C(C)(C)C)cc(c1OCCNc1c(Nc3ccccc3[N+](=O)[O-])c(=O)c1=O)C2. The van der Waals surface area contributed by atoms with E-state index in [0.29, 0.717) is 33.8 Å². The van der Waals surface area contributed by atoms with E-state index in [0.717, 1.165) is 44.5 Å². The summed E-state index contributed by atoms with van der Waals surface area (Å²) in [5.74, 6) is 1.17. The summed E-state index contributed by atoms with van der Waals surface area (Å²) in [6.07, 6.45) is 0.824. The Labute approximate surface area is 499 Å². The zero-order valence-electron chi connectivity index (χ0n) is 50.8. The summed E-state index contributed by atoms with van der Waals surface area (Å²) in [7, 11) is 0. The van der Waals surface area contributed by atoms with Gasteiger partial charge in [-0.3, -0.25) is 39.4 Å². The molecule has 0 heterocycles. The highest BCUT2D eigenvalue weighted by atomic mass is 16.6. The molecule has 0 spiro atoms. The van der Waals surface area contributed by atoms with Crippen LogP contribution in [0.15, 0.2) is 116 Å². The molecule has 0 amide bonds. The van der Waals surface area contributed by atoms with Gasteiger partial charge in [-0.25, -0.2) is 0 Å². The number of nitro groups is 2. The molecule has 9 rings (SSSR count). The number of aromatic hydroxyl groups is 2. The first kappa shape index (κ1) is 61.2. The van der Waals surface area contributed by atoms with E-state index in [2.05, 4.69) is 129 Å². The van der Waals surface area contributed by atoms with Crippen LogP contribution in [0.5, 0.6) is 23.0 Å². The van der Waals surface area contributed by atoms with Crippen LogP contribution in [0.1, 0.15) is 150 Å². The minimum Gasteiger partial charge on any atom is -0.507 e. The molecule has 8 aromatic carbocycles. The molecule has 0 aliphatic heterocycles. The normalized spacial score (nSPS) is 12.9. The first-order chi connectivity index (χ1) is 40.3. The maximum atomic E-state index is 13.0. The molecular weight excluding hydrogens is 1090 g/mol. The Bertz CT molecular complexity index is 3770. The Morgan fingerprint density at radius 2 is 0.674 bits per heavy atom. The molecule has 1 aliphatic carbocycles. The first-order valence-electron chi connectivity index (χ1n) is 28.7. The number of anilines is 6. The third-order valence-electron chi connectivity index (χ3n) is 15.9. The van der Waals surface area contributed by atoms with Crippen LogP contribution in [0.2, 0.25) is 0 Å². The van der Waals surface area contributed by atoms with Crippen molar-refractivity contribution < 1.29 is 29.5 Å². The van der Waals surface area contributed by atoms with Crippen molar-refractivity contribution in [2.75, 3.05) is 47.6 Å². The van der Waals surface area contributed by atoms with E-state index in [4.69, 9.17) is 9.47 Å². The van der Waals surface area contributed by atoms with Crippen LogP contribution in [0.25, 0.3) is 0 Å². The highest BCUT2D eigenvalue weighted by molar-refractivity contribution is 5.82. The number of benzene rings is 6. The van der Waals surface area contributed by atoms with Gasteiger partial charge in [-0.2, -0.15) is 0 Å². The number of phenolic OH excluding ortho intramolecular Hbond substituents is 2. The van der Waals surface area contributed by atoms with Gasteiger partial charge < -0.3 is 41.0 Å². The maximum Gasteiger partial charge on any atom is 0.292 e. The standard InChI is InChI=1S/C68H74N6O12/c1-65(2,3)45-29-37-25-41-33-47(67(7,8)9)35-43(63(41)85-23-21-69-53-55(61(79)59(53)77)71-49-17-13-15-19-51(49)73(81)82)27-39-31-46(66(4,5)6)32-40(58(39)76)28-44-36-48(68(10,11)12)34-42(26-38(30-45)57(37)75)64(44)86-24-22-70-54-56(62(80)60(54)78)72-50-18-14-16-20-52(50)74(83)84/h13-20,29-36,69-72,75-76H,21-28H2,1-12H3. The van der Waals surface area contributed by atoms with Gasteiger partial charge in [0.2, 0.25) is 0 Å². The molecule has 6 N–H and O–H groups in total. The van der Waals surface area contributed by atoms with Crippen molar-refractivity contribution in [1.29, 1.82) is 0 Å². The van der Waals surface area contributed by atoms with E-state index in [1.807, 2.05) is 24.3 Å². The number of rotatable bonds is 16. The predicted molar refractivity (Wildman–Crippen MR) is 339 cm³/mol. The van der Waals surface area contributed by atoms with Crippen molar-refractivity contribution >= 4 is 45.5 Å². The maximum absolute atomic E-state index is 13.0. The molecule has 0 fully saturated rings. The van der Waals surface area contributed by atoms with Gasteiger partial charge in [-0.1, -0.05) is 156 Å². The quantitative estimate of drug-likeness (QED) is 0.0227. The molecule has 0 unspecified atom stereocenters. The topological polar surface area (TPSA) is 262 Å². The summed E-state index contributed by atoms with van der Waals surface area (Å²) in [5.41, 5.74) is 4.06. The molecule has 0 saturated carbocycles. The Balaban J connectivity index is 1.15. The summed E-state index contributed by atoms with van der Waals surface area (Å²) >= 11 is 0. The van der Waals surface area contributed by atoms with Gasteiger partial charge in [-0.15, -0.1) is 0 Å². The zero-order chi connectivity index (χ0) is 62.5. The van der Waals surface area contributed by atoms with E-state index in [1.54, 1.807) is 12.1 Å². The number of para-hydroxylation sites is 4. The highest BCUT2D eigenvalue weighted by Gasteiger charge is 2.31. The van der Waals surface area contributed by atoms with Gasteiger partial charge in [0, 0.05) is 50.9 Å². The second kappa shape index (κ2) is 23.3. The van der Waals surface area contributed by atoms with Crippen molar-refractivity contribution in [2.45, 2.75) is 130 Å². The second-order valence-corrected chi connectivity index (χ2v) is 26.4. The van der Waals surface area contributed by atoms with Crippen molar-refractivity contribution in [1.82, 2.24) is 0 Å². The van der Waals surface area contributed by atoms with Crippen LogP contribution in [0.4, 0.5) is 45.5 Å². The number of hydrogen-bond donors (Lipinski definition) is 6. The van der Waals surface area contributed by atoms with Gasteiger partial charge in [0.15, 0.2) is 0 Å². The van der Waals surface area contributed by atoms with E-state index < -0.39 is 42.4 Å². The number of phenols is 2. The number of ether oxygens (including phenoxy) is 2. The Morgan fingerprint density at radius 1 is 0.419 bits per heavy atom. The van der Waals surface area contributed by atoms with Crippen molar-refractivity contribution in [3.63, 3.8) is 0 Å². The lowest BCUT2D eigenvalue weighted by molar-refractivity contribution is -0.384. The third kappa shape index (κ3) is 12.7. The lowest BCUT2D eigenvalue weighted by atomic mass is 9.79. The molecule has 86 heavy (non-hydrogen) atoms. The number of nitrogens with one attached hydrogen (secondary N) is 4. The Morgan fingerprint density at radius 3 is 0.942 bits per heavy atom. The van der Waals surface area contributed by atoms with Gasteiger partial charge in [0.05, 0.1) is 9.85 Å². The molecule has 8 bridgehead atoms. The van der Waals surface area contributed by atoms with E-state index >= 15 is 0 Å². The lowest BCUT2D eigenvalue weighted by Gasteiger charge is -2.28. The predicted octanol–water partition coefficient (Wildman–Crippen LogP) is 12.4. The van der Waals surface area contributed by atoms with E-state index in [9.17, 15) is 49.6 Å². The largest absolute Gasteiger partial charge is 0.507 e. The summed E-state index contributed by atoms with van der Waals surface area (Å²) in [4.78, 5) is 74.3. The minimum atomic E-state index is -0.814. The van der Waals surface area contributed by atoms with Gasteiger partial charge in [0.25, 0.3) is 33.1 Å². The molecule has 0 radical (unpaired) electrons. The average Bonchev–Trinajstić information content (AvgIpc) is 1.15. The average molecular weight is 1170 g/mol. The van der Waals surface area contributed by atoms with Crippen LogP contribution in [-0.2, 0) is 47.3 Å². The molecule has 1 aliphatic rings. The molecular formula is C68H74N6O12. The number of fused-ring (bicyclic) bond motifs is 8. The minimum absolute atomic E-state index is 0.0112. The Hall–Kier alpha value is -9.32. The number of hydrogen-bond acceptors (Lipinski definition) is 16. The van der Waals surface area contributed by atoms with Gasteiger partial charge in [-0.05, 0) is 101 Å². The first-order valence-corrected chi connectivity index (χ1v) is 28.7. The summed E-state index contributed by atoms with van der Waals surface area (Å²) < 4.78 is 13.7. The van der Waals surface area contributed by atoms with Crippen LogP contribution >= 0.6 is 0 Å². The number of nitro benzene ring substituents is 2. The fourth-order valence-corrected chi connectivity index (χ4v) is 10.8. The van der Waals surface area contributed by atoms with Crippen LogP contribution in [0, 0.1) is 20.2 Å². The van der Waals surface area contributed by atoms with E-state index in [1.165, 1.54) is 36.4 Å². The van der Waals surface area contributed by atoms with Gasteiger partial charge >= 0.3 is 0 Å². The molecule has 448 valence electrons. The fourth-order valence-electron chi connectivity index (χ4n) is 10.8. The summed E-state index contributed by atoms with van der Waals surface area (Å²) in [6, 6.07) is 28.2. The fraction of sp³-hybridized carbons (Fsp3) is 0.353. The van der Waals surface area contributed by atoms with Crippen LogP contribution < -0.4 is 52.5 Å². The number of nitrogens with zero attached hydrogens (tertiary/aromatic N) is 2. The molecule has 8 aromatic rings. The van der Waals surface area contributed by atoms with E-state index in [-0.39, 0.29) is 120 Å². The second-order valence-electron chi connectivity index (χ2n) is 26.4. The molecule has 18 heteroatoms. The molecule has 0 atom stereocenters. The van der Waals surface area contributed by atoms with Gasteiger partial charge in [0.1, 0.15) is 70.3 Å². The van der Waals surface area contributed by atoms with Crippen molar-refractivity contribution in [3.05, 3.63) is 225 Å². The summed E-state index contributed by atoms with van der Waals surface area (Å²) in [6.45, 7) is 25.5. The Kier molecular flexibility index (Phi) is 16.6. The third-order valence-corrected chi connectivity index (χ3v) is 15.9.